The molecule has 94 valence electrons. The summed E-state index contributed by atoms with van der Waals surface area (Å²) in [7, 11) is 1.87. The molecule has 0 saturated heterocycles. The van der Waals surface area contributed by atoms with Crippen molar-refractivity contribution in [2.24, 2.45) is 11.3 Å². The molecule has 1 rings (SSSR count). The summed E-state index contributed by atoms with van der Waals surface area (Å²) in [6.45, 7) is 6.18. The van der Waals surface area contributed by atoms with Crippen molar-refractivity contribution in [1.82, 2.24) is 10.6 Å². The van der Waals surface area contributed by atoms with Crippen molar-refractivity contribution >= 4 is 5.91 Å². The van der Waals surface area contributed by atoms with E-state index in [9.17, 15) is 4.79 Å². The third-order valence-corrected chi connectivity index (χ3v) is 3.52. The van der Waals surface area contributed by atoms with Gasteiger partial charge in [0.1, 0.15) is 0 Å². The first-order valence-electron chi connectivity index (χ1n) is 6.49. The summed E-state index contributed by atoms with van der Waals surface area (Å²) in [5.74, 6) is 0.916. The largest absolute Gasteiger partial charge is 0.356 e. The van der Waals surface area contributed by atoms with Gasteiger partial charge in [0.2, 0.25) is 5.91 Å². The fourth-order valence-electron chi connectivity index (χ4n) is 2.61. The predicted octanol–water partition coefficient (Wildman–Crippen LogP) is 1.93. The normalized spacial score (nSPS) is 18.2. The van der Waals surface area contributed by atoms with Crippen LogP contribution in [0.5, 0.6) is 0 Å². The Morgan fingerprint density at radius 2 is 2.06 bits per heavy atom. The molecule has 0 bridgehead atoms. The van der Waals surface area contributed by atoms with Crippen LogP contribution < -0.4 is 10.6 Å². The second-order valence-corrected chi connectivity index (χ2v) is 5.58. The van der Waals surface area contributed by atoms with E-state index in [0.717, 1.165) is 19.0 Å². The van der Waals surface area contributed by atoms with Crippen molar-refractivity contribution in [3.63, 3.8) is 0 Å². The second kappa shape index (κ2) is 6.24. The molecule has 16 heavy (non-hydrogen) atoms. The van der Waals surface area contributed by atoms with Crippen LogP contribution in [-0.2, 0) is 4.79 Å². The number of nitrogens with one attached hydrogen (secondary N) is 2. The van der Waals surface area contributed by atoms with Crippen molar-refractivity contribution < 1.29 is 4.79 Å². The Bertz CT molecular complexity index is 222. The van der Waals surface area contributed by atoms with Crippen LogP contribution in [0.2, 0.25) is 0 Å². The fourth-order valence-corrected chi connectivity index (χ4v) is 2.61. The molecule has 0 radical (unpaired) electrons. The molecule has 1 amide bonds. The molecule has 3 nitrogen and oxygen atoms in total. The summed E-state index contributed by atoms with van der Waals surface area (Å²) in [6.07, 6.45) is 5.75. The lowest BCUT2D eigenvalue weighted by Crippen LogP contribution is -2.43. The Morgan fingerprint density at radius 1 is 1.38 bits per heavy atom. The lowest BCUT2D eigenvalue weighted by Gasteiger charge is -2.43. The van der Waals surface area contributed by atoms with E-state index >= 15 is 0 Å². The average Bonchev–Trinajstić information content (AvgIpc) is 2.18. The van der Waals surface area contributed by atoms with Crippen LogP contribution in [0.15, 0.2) is 0 Å². The van der Waals surface area contributed by atoms with Gasteiger partial charge < -0.3 is 10.6 Å². The summed E-state index contributed by atoms with van der Waals surface area (Å²) in [6, 6.07) is 0. The zero-order chi connectivity index (χ0) is 12.0. The molecule has 0 heterocycles. The lowest BCUT2D eigenvalue weighted by molar-refractivity contribution is -0.122. The van der Waals surface area contributed by atoms with E-state index in [1.54, 1.807) is 0 Å². The summed E-state index contributed by atoms with van der Waals surface area (Å²) in [5.41, 5.74) is 0.420. The Hall–Kier alpha value is -0.570. The van der Waals surface area contributed by atoms with Gasteiger partial charge in [-0.05, 0) is 37.6 Å². The van der Waals surface area contributed by atoms with Crippen molar-refractivity contribution in [2.75, 3.05) is 20.1 Å². The maximum atomic E-state index is 11.5. The van der Waals surface area contributed by atoms with Crippen LogP contribution in [0.3, 0.4) is 0 Å². The first kappa shape index (κ1) is 13.5. The molecule has 1 aliphatic carbocycles. The first-order chi connectivity index (χ1) is 7.58. The van der Waals surface area contributed by atoms with E-state index in [1.165, 1.54) is 25.7 Å². The smallest absolute Gasteiger partial charge is 0.221 e. The SMILES string of the molecule is CNCCC(=O)NCC1(CC(C)C)CCC1. The Balaban J connectivity index is 2.26. The topological polar surface area (TPSA) is 41.1 Å². The van der Waals surface area contributed by atoms with Gasteiger partial charge in [-0.25, -0.2) is 0 Å². The van der Waals surface area contributed by atoms with Crippen LogP contribution in [0.25, 0.3) is 0 Å². The number of amides is 1. The molecule has 3 heteroatoms. The number of hydrogen-bond acceptors (Lipinski definition) is 2. The first-order valence-corrected chi connectivity index (χ1v) is 6.49. The second-order valence-electron chi connectivity index (χ2n) is 5.58. The Morgan fingerprint density at radius 3 is 2.50 bits per heavy atom. The third kappa shape index (κ3) is 4.12. The van der Waals surface area contributed by atoms with Crippen molar-refractivity contribution in [3.8, 4) is 0 Å². The summed E-state index contributed by atoms with van der Waals surface area (Å²) < 4.78 is 0. The molecule has 2 N–H and O–H groups in total. The van der Waals surface area contributed by atoms with Crippen LogP contribution in [0.1, 0.15) is 46.0 Å². The zero-order valence-corrected chi connectivity index (χ0v) is 10.9. The standard InChI is InChI=1S/C13H26N2O/c1-11(2)9-13(6-4-7-13)10-15-12(16)5-8-14-3/h11,14H,4-10H2,1-3H3,(H,15,16). The molecule has 0 aromatic carbocycles. The van der Waals surface area contributed by atoms with Crippen molar-refractivity contribution in [3.05, 3.63) is 0 Å². The van der Waals surface area contributed by atoms with Gasteiger partial charge in [-0.2, -0.15) is 0 Å². The van der Waals surface area contributed by atoms with Gasteiger partial charge in [-0.3, -0.25) is 4.79 Å². The van der Waals surface area contributed by atoms with Crippen molar-refractivity contribution in [2.45, 2.75) is 46.0 Å². The molecule has 1 aliphatic rings. The minimum absolute atomic E-state index is 0.185. The highest BCUT2D eigenvalue weighted by Gasteiger charge is 2.37. The number of rotatable bonds is 7. The highest BCUT2D eigenvalue weighted by atomic mass is 16.1. The van der Waals surface area contributed by atoms with E-state index in [0.29, 0.717) is 11.8 Å². The van der Waals surface area contributed by atoms with Crippen LogP contribution >= 0.6 is 0 Å². The van der Waals surface area contributed by atoms with Crippen molar-refractivity contribution in [1.29, 1.82) is 0 Å². The number of carbonyl (C=O) groups is 1. The minimum atomic E-state index is 0.185. The maximum absolute atomic E-state index is 11.5. The van der Waals surface area contributed by atoms with E-state index < -0.39 is 0 Å². The molecule has 0 atom stereocenters. The molecular weight excluding hydrogens is 200 g/mol. The van der Waals surface area contributed by atoms with Crippen LogP contribution in [0.4, 0.5) is 0 Å². The summed E-state index contributed by atoms with van der Waals surface area (Å²) in [5, 5.41) is 6.08. The molecular formula is C13H26N2O. The van der Waals surface area contributed by atoms with Gasteiger partial charge in [0.15, 0.2) is 0 Å². The highest BCUT2D eigenvalue weighted by molar-refractivity contribution is 5.76. The minimum Gasteiger partial charge on any atom is -0.356 e. The zero-order valence-electron chi connectivity index (χ0n) is 10.9. The Labute approximate surface area is 99.4 Å². The quantitative estimate of drug-likeness (QED) is 0.696. The van der Waals surface area contributed by atoms with Crippen LogP contribution in [0, 0.1) is 11.3 Å². The van der Waals surface area contributed by atoms with E-state index in [2.05, 4.69) is 24.5 Å². The highest BCUT2D eigenvalue weighted by Crippen LogP contribution is 2.45. The molecule has 0 aliphatic heterocycles. The summed E-state index contributed by atoms with van der Waals surface area (Å²) >= 11 is 0. The van der Waals surface area contributed by atoms with Gasteiger partial charge >= 0.3 is 0 Å². The lowest BCUT2D eigenvalue weighted by atomic mass is 9.64. The summed E-state index contributed by atoms with van der Waals surface area (Å²) in [4.78, 5) is 11.5. The molecule has 1 fully saturated rings. The number of carbonyl (C=O) groups excluding carboxylic acids is 1. The van der Waals surface area contributed by atoms with Gasteiger partial charge in [-0.1, -0.05) is 20.3 Å². The van der Waals surface area contributed by atoms with E-state index in [1.807, 2.05) is 7.05 Å². The monoisotopic (exact) mass is 226 g/mol. The van der Waals surface area contributed by atoms with Gasteiger partial charge in [0.05, 0.1) is 0 Å². The molecule has 0 aromatic rings. The van der Waals surface area contributed by atoms with Crippen LogP contribution in [-0.4, -0.2) is 26.0 Å². The average molecular weight is 226 g/mol. The molecule has 0 spiro atoms. The van der Waals surface area contributed by atoms with E-state index in [4.69, 9.17) is 0 Å². The predicted molar refractivity (Wildman–Crippen MR) is 67.3 cm³/mol. The fraction of sp³-hybridized carbons (Fsp3) is 0.923. The Kier molecular flexibility index (Phi) is 5.26. The third-order valence-electron chi connectivity index (χ3n) is 3.52. The molecule has 0 aromatic heterocycles. The number of hydrogen-bond donors (Lipinski definition) is 2. The van der Waals surface area contributed by atoms with Gasteiger partial charge in [-0.15, -0.1) is 0 Å². The molecule has 0 unspecified atom stereocenters. The maximum Gasteiger partial charge on any atom is 0.221 e. The van der Waals surface area contributed by atoms with Gasteiger partial charge in [0.25, 0.3) is 0 Å². The van der Waals surface area contributed by atoms with E-state index in [-0.39, 0.29) is 5.91 Å². The molecule has 1 saturated carbocycles. The van der Waals surface area contributed by atoms with Gasteiger partial charge in [0, 0.05) is 19.5 Å².